The van der Waals surface area contributed by atoms with E-state index in [9.17, 15) is 0 Å². The summed E-state index contributed by atoms with van der Waals surface area (Å²) in [6, 6.07) is 0. The first-order valence-corrected chi connectivity index (χ1v) is 4.08. The number of nitrogens with one attached hydrogen (secondary N) is 2. The summed E-state index contributed by atoms with van der Waals surface area (Å²) in [4.78, 5) is 0. The van der Waals surface area contributed by atoms with Gasteiger partial charge in [0.05, 0.1) is 0 Å². The fraction of sp³-hybridized carbons (Fsp3) is 1.00. The van der Waals surface area contributed by atoms with E-state index in [0.29, 0.717) is 5.54 Å². The van der Waals surface area contributed by atoms with Crippen molar-refractivity contribution in [2.24, 2.45) is 0 Å². The van der Waals surface area contributed by atoms with E-state index in [0.717, 1.165) is 6.54 Å². The van der Waals surface area contributed by atoms with Gasteiger partial charge in [-0.2, -0.15) is 0 Å². The van der Waals surface area contributed by atoms with Crippen LogP contribution in [0.15, 0.2) is 0 Å². The van der Waals surface area contributed by atoms with Crippen LogP contribution >= 0.6 is 0 Å². The predicted octanol–water partition coefficient (Wildman–Crippen LogP) is 0.984. The highest BCUT2D eigenvalue weighted by Crippen LogP contribution is 2.12. The molecule has 0 aromatic carbocycles. The van der Waals surface area contributed by atoms with Crippen LogP contribution in [0.25, 0.3) is 0 Å². The van der Waals surface area contributed by atoms with Crippen molar-refractivity contribution in [2.45, 2.75) is 32.2 Å². The molecule has 2 heteroatoms. The Kier molecular flexibility index (Phi) is 4.65. The van der Waals surface area contributed by atoms with Crippen LogP contribution in [-0.2, 0) is 0 Å². The minimum atomic E-state index is 0.314. The molecule has 2 N–H and O–H groups in total. The highest BCUT2D eigenvalue weighted by Gasteiger charge is 2.21. The standard InChI is InChI=1S/C8H20N2/c1-5-8(6-2,10-4)7-9-3/h9-10H,5-7H2,1-4H3. The van der Waals surface area contributed by atoms with Crippen molar-refractivity contribution in [3.63, 3.8) is 0 Å². The minimum Gasteiger partial charge on any atom is -0.318 e. The van der Waals surface area contributed by atoms with Gasteiger partial charge in [-0.25, -0.2) is 0 Å². The Morgan fingerprint density at radius 3 is 1.70 bits per heavy atom. The molecule has 0 saturated heterocycles. The molecule has 10 heavy (non-hydrogen) atoms. The molecule has 0 aromatic rings. The van der Waals surface area contributed by atoms with Gasteiger partial charge in [0, 0.05) is 12.1 Å². The second-order valence-corrected chi connectivity index (χ2v) is 2.77. The predicted molar refractivity (Wildman–Crippen MR) is 46.3 cm³/mol. The van der Waals surface area contributed by atoms with Crippen LogP contribution in [0, 0.1) is 0 Å². The van der Waals surface area contributed by atoms with Crippen molar-refractivity contribution in [1.29, 1.82) is 0 Å². The third-order valence-electron chi connectivity index (χ3n) is 2.40. The van der Waals surface area contributed by atoms with Crippen LogP contribution < -0.4 is 10.6 Å². The molecule has 2 nitrogen and oxygen atoms in total. The number of hydrogen-bond acceptors (Lipinski definition) is 2. The summed E-state index contributed by atoms with van der Waals surface area (Å²) in [6.45, 7) is 5.49. The molecule has 0 radical (unpaired) electrons. The molecule has 0 aliphatic carbocycles. The lowest BCUT2D eigenvalue weighted by Crippen LogP contribution is -2.49. The number of hydrogen-bond donors (Lipinski definition) is 2. The summed E-state index contributed by atoms with van der Waals surface area (Å²) in [5.41, 5.74) is 0.314. The molecule has 0 unspecified atom stereocenters. The first-order chi connectivity index (χ1) is 4.74. The molecule has 0 fully saturated rings. The normalized spacial score (nSPS) is 12.0. The van der Waals surface area contributed by atoms with Gasteiger partial charge in [0.2, 0.25) is 0 Å². The van der Waals surface area contributed by atoms with Gasteiger partial charge in [-0.3, -0.25) is 0 Å². The van der Waals surface area contributed by atoms with Gasteiger partial charge in [0.25, 0.3) is 0 Å². The molecule has 0 atom stereocenters. The molecule has 0 bridgehead atoms. The number of rotatable bonds is 5. The molecule has 0 saturated carbocycles. The Bertz CT molecular complexity index is 69.1. The zero-order valence-corrected chi connectivity index (χ0v) is 7.62. The van der Waals surface area contributed by atoms with Crippen LogP contribution in [0.4, 0.5) is 0 Å². The van der Waals surface area contributed by atoms with Gasteiger partial charge >= 0.3 is 0 Å². The highest BCUT2D eigenvalue weighted by atomic mass is 15.0. The molecular weight excluding hydrogens is 124 g/mol. The van der Waals surface area contributed by atoms with Gasteiger partial charge in [0.15, 0.2) is 0 Å². The lowest BCUT2D eigenvalue weighted by molar-refractivity contribution is 0.315. The van der Waals surface area contributed by atoms with E-state index in [1.165, 1.54) is 12.8 Å². The van der Waals surface area contributed by atoms with Gasteiger partial charge in [0.1, 0.15) is 0 Å². The molecule has 0 aromatic heterocycles. The van der Waals surface area contributed by atoms with Crippen molar-refractivity contribution in [2.75, 3.05) is 20.6 Å². The fourth-order valence-corrected chi connectivity index (χ4v) is 1.28. The third-order valence-corrected chi connectivity index (χ3v) is 2.40. The first-order valence-electron chi connectivity index (χ1n) is 4.08. The topological polar surface area (TPSA) is 24.1 Å². The molecule has 62 valence electrons. The van der Waals surface area contributed by atoms with E-state index in [1.54, 1.807) is 0 Å². The van der Waals surface area contributed by atoms with E-state index in [2.05, 4.69) is 24.5 Å². The summed E-state index contributed by atoms with van der Waals surface area (Å²) in [5.74, 6) is 0. The Labute approximate surface area is 64.4 Å². The molecular formula is C8H20N2. The summed E-state index contributed by atoms with van der Waals surface area (Å²) in [6.07, 6.45) is 2.36. The summed E-state index contributed by atoms with van der Waals surface area (Å²) < 4.78 is 0. The number of likely N-dealkylation sites (N-methyl/N-ethyl adjacent to an activating group) is 2. The summed E-state index contributed by atoms with van der Waals surface area (Å²) in [7, 11) is 4.03. The monoisotopic (exact) mass is 144 g/mol. The Morgan fingerprint density at radius 2 is 1.60 bits per heavy atom. The Balaban J connectivity index is 3.87. The average molecular weight is 144 g/mol. The Hall–Kier alpha value is -0.0800. The minimum absolute atomic E-state index is 0.314. The lowest BCUT2D eigenvalue weighted by Gasteiger charge is -2.30. The molecule has 0 aliphatic heterocycles. The third kappa shape index (κ3) is 2.27. The van der Waals surface area contributed by atoms with Crippen molar-refractivity contribution in [1.82, 2.24) is 10.6 Å². The van der Waals surface area contributed by atoms with Crippen molar-refractivity contribution < 1.29 is 0 Å². The molecule has 0 heterocycles. The molecule has 0 aliphatic rings. The average Bonchev–Trinajstić information content (AvgIpc) is 2.01. The van der Waals surface area contributed by atoms with Crippen molar-refractivity contribution >= 4 is 0 Å². The van der Waals surface area contributed by atoms with Gasteiger partial charge in [-0.05, 0) is 26.9 Å². The van der Waals surface area contributed by atoms with E-state index >= 15 is 0 Å². The van der Waals surface area contributed by atoms with Crippen LogP contribution in [0.1, 0.15) is 26.7 Å². The first kappa shape index (κ1) is 9.92. The molecule has 0 spiro atoms. The van der Waals surface area contributed by atoms with Crippen molar-refractivity contribution in [3.05, 3.63) is 0 Å². The van der Waals surface area contributed by atoms with E-state index < -0.39 is 0 Å². The van der Waals surface area contributed by atoms with E-state index in [1.807, 2.05) is 14.1 Å². The van der Waals surface area contributed by atoms with Gasteiger partial charge < -0.3 is 10.6 Å². The van der Waals surface area contributed by atoms with Crippen molar-refractivity contribution in [3.8, 4) is 0 Å². The van der Waals surface area contributed by atoms with Crippen LogP contribution in [0.3, 0.4) is 0 Å². The van der Waals surface area contributed by atoms with Crippen LogP contribution in [0.5, 0.6) is 0 Å². The summed E-state index contributed by atoms with van der Waals surface area (Å²) in [5, 5.41) is 6.55. The van der Waals surface area contributed by atoms with Crippen LogP contribution in [-0.4, -0.2) is 26.2 Å². The second-order valence-electron chi connectivity index (χ2n) is 2.77. The maximum absolute atomic E-state index is 3.35. The zero-order valence-electron chi connectivity index (χ0n) is 7.62. The lowest BCUT2D eigenvalue weighted by atomic mass is 9.93. The highest BCUT2D eigenvalue weighted by molar-refractivity contribution is 4.85. The van der Waals surface area contributed by atoms with E-state index in [4.69, 9.17) is 0 Å². The zero-order chi connectivity index (χ0) is 8.04. The van der Waals surface area contributed by atoms with Gasteiger partial charge in [-0.1, -0.05) is 13.8 Å². The molecule has 0 rings (SSSR count). The Morgan fingerprint density at radius 1 is 1.10 bits per heavy atom. The second kappa shape index (κ2) is 4.69. The fourth-order valence-electron chi connectivity index (χ4n) is 1.28. The maximum Gasteiger partial charge on any atom is 0.0298 e. The largest absolute Gasteiger partial charge is 0.318 e. The smallest absolute Gasteiger partial charge is 0.0298 e. The van der Waals surface area contributed by atoms with E-state index in [-0.39, 0.29) is 0 Å². The van der Waals surface area contributed by atoms with Crippen LogP contribution in [0.2, 0.25) is 0 Å². The van der Waals surface area contributed by atoms with Gasteiger partial charge in [-0.15, -0.1) is 0 Å². The quantitative estimate of drug-likeness (QED) is 0.601. The maximum atomic E-state index is 3.35. The summed E-state index contributed by atoms with van der Waals surface area (Å²) >= 11 is 0. The molecule has 0 amide bonds. The SMILES string of the molecule is CCC(CC)(CNC)NC.